The first-order chi connectivity index (χ1) is 4.66. The second-order valence-electron chi connectivity index (χ2n) is 2.13. The van der Waals surface area contributed by atoms with Crippen LogP contribution in [0.1, 0.15) is 13.3 Å². The molecule has 58 valence electrons. The van der Waals surface area contributed by atoms with E-state index in [2.05, 4.69) is 4.74 Å². The molecule has 0 aromatic rings. The van der Waals surface area contributed by atoms with Crippen molar-refractivity contribution < 1.29 is 19.4 Å². The maximum Gasteiger partial charge on any atom is 0.303 e. The third-order valence-corrected chi connectivity index (χ3v) is 0.972. The lowest BCUT2D eigenvalue weighted by atomic mass is 10.1. The van der Waals surface area contributed by atoms with Crippen LogP contribution in [0, 0.1) is 5.92 Å². The zero-order chi connectivity index (χ0) is 7.98. The van der Waals surface area contributed by atoms with Crippen LogP contribution in [0.5, 0.6) is 0 Å². The molecule has 0 heterocycles. The molecule has 0 aromatic heterocycles. The lowest BCUT2D eigenvalue weighted by Crippen LogP contribution is -2.10. The maximum absolute atomic E-state index is 10.0. The molecule has 0 saturated heterocycles. The molecule has 4 heteroatoms. The Hall–Kier alpha value is -1.06. The number of hydrogen-bond acceptors (Lipinski definition) is 3. The molecule has 0 aromatic carbocycles. The lowest BCUT2D eigenvalue weighted by molar-refractivity contribution is -0.140. The van der Waals surface area contributed by atoms with Crippen molar-refractivity contribution in [2.75, 3.05) is 6.61 Å². The van der Waals surface area contributed by atoms with Crippen LogP contribution in [-0.2, 0) is 14.3 Å². The number of hydrogen-bond donors (Lipinski definition) is 1. The lowest BCUT2D eigenvalue weighted by Gasteiger charge is -2.04. The van der Waals surface area contributed by atoms with E-state index in [0.717, 1.165) is 0 Å². The fraction of sp³-hybridized carbons (Fsp3) is 0.667. The molecule has 0 radical (unpaired) electrons. The first-order valence-corrected chi connectivity index (χ1v) is 2.94. The second-order valence-corrected chi connectivity index (χ2v) is 2.13. The van der Waals surface area contributed by atoms with Crippen molar-refractivity contribution in [3.63, 3.8) is 0 Å². The van der Waals surface area contributed by atoms with Crippen molar-refractivity contribution in [2.45, 2.75) is 13.3 Å². The van der Waals surface area contributed by atoms with Crippen LogP contribution in [0.4, 0.5) is 0 Å². The van der Waals surface area contributed by atoms with Gasteiger partial charge in [0.25, 0.3) is 6.47 Å². The zero-order valence-electron chi connectivity index (χ0n) is 5.74. The molecule has 1 atom stereocenters. The molecule has 0 rings (SSSR count). The molecule has 1 N–H and O–H groups in total. The van der Waals surface area contributed by atoms with E-state index >= 15 is 0 Å². The molecule has 0 fully saturated rings. The fourth-order valence-corrected chi connectivity index (χ4v) is 0.561. The average molecular weight is 146 g/mol. The van der Waals surface area contributed by atoms with Gasteiger partial charge in [0.15, 0.2) is 0 Å². The van der Waals surface area contributed by atoms with E-state index in [9.17, 15) is 9.59 Å². The Morgan fingerprint density at radius 3 is 2.80 bits per heavy atom. The summed E-state index contributed by atoms with van der Waals surface area (Å²) in [7, 11) is 0. The summed E-state index contributed by atoms with van der Waals surface area (Å²) >= 11 is 0. The third-order valence-electron chi connectivity index (χ3n) is 0.972. The molecule has 0 saturated carbocycles. The van der Waals surface area contributed by atoms with E-state index in [1.807, 2.05) is 0 Å². The molecular weight excluding hydrogens is 136 g/mol. The maximum atomic E-state index is 10.0. The Bertz CT molecular complexity index is 121. The van der Waals surface area contributed by atoms with Crippen molar-refractivity contribution in [2.24, 2.45) is 5.92 Å². The van der Waals surface area contributed by atoms with Gasteiger partial charge >= 0.3 is 5.97 Å². The van der Waals surface area contributed by atoms with Crippen molar-refractivity contribution in [3.05, 3.63) is 0 Å². The third kappa shape index (κ3) is 5.08. The fourth-order valence-electron chi connectivity index (χ4n) is 0.561. The largest absolute Gasteiger partial charge is 0.481 e. The highest BCUT2D eigenvalue weighted by Gasteiger charge is 2.06. The minimum Gasteiger partial charge on any atom is -0.481 e. The summed E-state index contributed by atoms with van der Waals surface area (Å²) in [6.45, 7) is 2.20. The Balaban J connectivity index is 3.33. The summed E-state index contributed by atoms with van der Waals surface area (Å²) in [6, 6.07) is 0. The van der Waals surface area contributed by atoms with Crippen molar-refractivity contribution in [1.82, 2.24) is 0 Å². The Morgan fingerprint density at radius 1 is 1.80 bits per heavy atom. The van der Waals surface area contributed by atoms with Gasteiger partial charge in [0.2, 0.25) is 0 Å². The van der Waals surface area contributed by atoms with E-state index < -0.39 is 5.97 Å². The zero-order valence-corrected chi connectivity index (χ0v) is 5.74. The van der Waals surface area contributed by atoms with Crippen LogP contribution in [0.25, 0.3) is 0 Å². The monoisotopic (exact) mass is 146 g/mol. The molecule has 10 heavy (non-hydrogen) atoms. The van der Waals surface area contributed by atoms with Crippen LogP contribution in [0.3, 0.4) is 0 Å². The van der Waals surface area contributed by atoms with Gasteiger partial charge in [0.05, 0.1) is 13.0 Å². The Labute approximate surface area is 58.8 Å². The molecule has 0 aliphatic carbocycles. The smallest absolute Gasteiger partial charge is 0.303 e. The summed E-state index contributed by atoms with van der Waals surface area (Å²) in [5.74, 6) is -0.982. The highest BCUT2D eigenvalue weighted by molar-refractivity contribution is 5.66. The molecule has 0 aliphatic heterocycles. The van der Waals surface area contributed by atoms with Crippen LogP contribution in [0.2, 0.25) is 0 Å². The predicted octanol–water partition coefficient (Wildman–Crippen LogP) is 0.270. The topological polar surface area (TPSA) is 63.6 Å². The van der Waals surface area contributed by atoms with Crippen molar-refractivity contribution in [3.8, 4) is 0 Å². The summed E-state index contributed by atoms with van der Waals surface area (Å²) in [6.07, 6.45) is 0.0356. The van der Waals surface area contributed by atoms with Gasteiger partial charge in [0, 0.05) is 5.92 Å². The molecule has 0 amide bonds. The predicted molar refractivity (Wildman–Crippen MR) is 33.4 cm³/mol. The van der Waals surface area contributed by atoms with E-state index in [1.54, 1.807) is 6.92 Å². The van der Waals surface area contributed by atoms with Gasteiger partial charge in [-0.2, -0.15) is 0 Å². The normalized spacial score (nSPS) is 12.1. The number of aliphatic carboxylic acids is 1. The minimum atomic E-state index is -0.873. The number of carboxylic acid groups (broad SMARTS) is 1. The highest BCUT2D eigenvalue weighted by Crippen LogP contribution is 2.00. The van der Waals surface area contributed by atoms with Crippen LogP contribution in [0.15, 0.2) is 0 Å². The first-order valence-electron chi connectivity index (χ1n) is 2.94. The van der Waals surface area contributed by atoms with E-state index in [-0.39, 0.29) is 18.9 Å². The molecule has 0 spiro atoms. The van der Waals surface area contributed by atoms with Gasteiger partial charge in [-0.05, 0) is 0 Å². The minimum absolute atomic E-state index is 0.0356. The number of rotatable bonds is 5. The number of ether oxygens (including phenoxy) is 1. The summed E-state index contributed by atoms with van der Waals surface area (Å²) in [5.41, 5.74) is 0. The highest BCUT2D eigenvalue weighted by atomic mass is 16.5. The van der Waals surface area contributed by atoms with Gasteiger partial charge in [-0.1, -0.05) is 6.92 Å². The standard InChI is InChI=1S/C6H10O4/c1-5(2-6(8)9)3-10-4-7/h4-5H,2-3H2,1H3,(H,8,9). The number of carbonyl (C=O) groups is 2. The molecule has 1 unspecified atom stereocenters. The van der Waals surface area contributed by atoms with Crippen LogP contribution >= 0.6 is 0 Å². The molecule has 0 aliphatic rings. The van der Waals surface area contributed by atoms with Gasteiger partial charge < -0.3 is 9.84 Å². The van der Waals surface area contributed by atoms with Gasteiger partial charge in [0.1, 0.15) is 0 Å². The second kappa shape index (κ2) is 4.78. The van der Waals surface area contributed by atoms with Gasteiger partial charge in [-0.25, -0.2) is 0 Å². The molecule has 0 bridgehead atoms. The molecule has 4 nitrogen and oxygen atoms in total. The summed E-state index contributed by atoms with van der Waals surface area (Å²) in [4.78, 5) is 19.7. The average Bonchev–Trinajstić information content (AvgIpc) is 1.82. The van der Waals surface area contributed by atoms with E-state index in [1.165, 1.54) is 0 Å². The Kier molecular flexibility index (Phi) is 4.28. The van der Waals surface area contributed by atoms with Crippen LogP contribution in [-0.4, -0.2) is 24.2 Å². The van der Waals surface area contributed by atoms with Crippen molar-refractivity contribution in [1.29, 1.82) is 0 Å². The van der Waals surface area contributed by atoms with Gasteiger partial charge in [-0.3, -0.25) is 9.59 Å². The quantitative estimate of drug-likeness (QED) is 0.565. The van der Waals surface area contributed by atoms with Crippen molar-refractivity contribution >= 4 is 12.4 Å². The summed E-state index contributed by atoms with van der Waals surface area (Å²) < 4.78 is 4.35. The van der Waals surface area contributed by atoms with Crippen LogP contribution < -0.4 is 0 Å². The number of carbonyl (C=O) groups excluding carboxylic acids is 1. The molecular formula is C6H10O4. The van der Waals surface area contributed by atoms with Gasteiger partial charge in [-0.15, -0.1) is 0 Å². The summed E-state index contributed by atoms with van der Waals surface area (Å²) in [5, 5.41) is 8.24. The first kappa shape index (κ1) is 8.94. The van der Waals surface area contributed by atoms with E-state index in [4.69, 9.17) is 5.11 Å². The van der Waals surface area contributed by atoms with E-state index in [0.29, 0.717) is 6.47 Å². The number of carboxylic acids is 1. The SMILES string of the molecule is CC(COC=O)CC(=O)O. The Morgan fingerprint density at radius 2 is 2.40 bits per heavy atom.